The first kappa shape index (κ1) is 24.3. The summed E-state index contributed by atoms with van der Waals surface area (Å²) in [5, 5.41) is 8.87. The summed E-state index contributed by atoms with van der Waals surface area (Å²) in [6.07, 6.45) is 2.62. The highest BCUT2D eigenvalue weighted by Crippen LogP contribution is 2.17. The van der Waals surface area contributed by atoms with Crippen LogP contribution < -0.4 is 16.0 Å². The number of nitrogens with one attached hydrogen (secondary N) is 3. The normalized spacial score (nSPS) is 16.7. The zero-order chi connectivity index (χ0) is 22.9. The second kappa shape index (κ2) is 12.0. The third-order valence-corrected chi connectivity index (χ3v) is 6.60. The first-order valence-electron chi connectivity index (χ1n) is 11.3. The van der Waals surface area contributed by atoms with E-state index in [-0.39, 0.29) is 23.9 Å². The van der Waals surface area contributed by atoms with Crippen molar-refractivity contribution in [1.82, 2.24) is 15.5 Å². The number of rotatable bonds is 8. The Morgan fingerprint density at radius 3 is 2.34 bits per heavy atom. The molecular formula is C25H33BrN4O2. The second-order valence-corrected chi connectivity index (χ2v) is 9.43. The summed E-state index contributed by atoms with van der Waals surface area (Å²) in [7, 11) is 0. The van der Waals surface area contributed by atoms with Gasteiger partial charge in [0.25, 0.3) is 0 Å². The van der Waals surface area contributed by atoms with Gasteiger partial charge in [0.1, 0.15) is 6.04 Å². The summed E-state index contributed by atoms with van der Waals surface area (Å²) < 4.78 is 0.940. The van der Waals surface area contributed by atoms with Crippen molar-refractivity contribution in [2.75, 3.05) is 18.4 Å². The molecule has 2 aromatic rings. The molecule has 32 heavy (non-hydrogen) atoms. The average Bonchev–Trinajstić information content (AvgIpc) is 2.80. The molecule has 7 heteroatoms. The number of hydrogen-bond acceptors (Lipinski definition) is 3. The summed E-state index contributed by atoms with van der Waals surface area (Å²) in [5.41, 5.74) is 1.99. The second-order valence-electron chi connectivity index (χ2n) is 8.51. The van der Waals surface area contributed by atoms with E-state index in [1.807, 2.05) is 44.2 Å². The minimum atomic E-state index is -0.571. The van der Waals surface area contributed by atoms with Gasteiger partial charge in [0, 0.05) is 35.8 Å². The molecule has 1 fully saturated rings. The molecule has 1 aliphatic heterocycles. The monoisotopic (exact) mass is 500 g/mol. The molecule has 2 atom stereocenters. The smallest absolute Gasteiger partial charge is 0.319 e. The van der Waals surface area contributed by atoms with E-state index in [9.17, 15) is 9.59 Å². The number of anilines is 1. The Morgan fingerprint density at radius 1 is 1.06 bits per heavy atom. The number of urea groups is 1. The molecule has 2 unspecified atom stereocenters. The lowest BCUT2D eigenvalue weighted by Crippen LogP contribution is -2.55. The van der Waals surface area contributed by atoms with Crippen molar-refractivity contribution >= 4 is 33.6 Å². The fourth-order valence-electron chi connectivity index (χ4n) is 3.91. The van der Waals surface area contributed by atoms with Gasteiger partial charge in [-0.1, -0.05) is 66.5 Å². The molecule has 6 nitrogen and oxygen atoms in total. The van der Waals surface area contributed by atoms with Crippen LogP contribution in [0.25, 0.3) is 0 Å². The molecule has 0 spiro atoms. The first-order chi connectivity index (χ1) is 15.4. The Bertz CT molecular complexity index is 867. The van der Waals surface area contributed by atoms with Crippen molar-refractivity contribution in [3.63, 3.8) is 0 Å². The Kier molecular flexibility index (Phi) is 9.11. The highest BCUT2D eigenvalue weighted by molar-refractivity contribution is 9.10. The number of amides is 3. The number of hydrogen-bond donors (Lipinski definition) is 3. The maximum Gasteiger partial charge on any atom is 0.319 e. The Labute approximate surface area is 199 Å². The molecule has 3 N–H and O–H groups in total. The van der Waals surface area contributed by atoms with Crippen molar-refractivity contribution < 1.29 is 9.59 Å². The van der Waals surface area contributed by atoms with E-state index in [4.69, 9.17) is 0 Å². The molecule has 1 aliphatic rings. The van der Waals surface area contributed by atoms with Crippen LogP contribution in [0.1, 0.15) is 38.7 Å². The molecule has 3 rings (SSSR count). The number of piperidine rings is 1. The van der Waals surface area contributed by atoms with E-state index in [0.29, 0.717) is 5.69 Å². The number of carbonyl (C=O) groups excluding carboxylic acids is 2. The molecule has 2 aromatic carbocycles. The fraction of sp³-hybridized carbons (Fsp3) is 0.440. The number of nitrogens with zero attached hydrogens (tertiary/aromatic N) is 1. The van der Waals surface area contributed by atoms with E-state index in [0.717, 1.165) is 43.4 Å². The molecule has 1 saturated heterocycles. The first-order valence-corrected chi connectivity index (χ1v) is 12.1. The summed E-state index contributed by atoms with van der Waals surface area (Å²) in [6, 6.07) is 17.0. The molecule has 3 amide bonds. The highest BCUT2D eigenvalue weighted by atomic mass is 79.9. The average molecular weight is 501 g/mol. The molecule has 0 bridgehead atoms. The topological polar surface area (TPSA) is 73.5 Å². The minimum Gasteiger partial charge on any atom is -0.351 e. The zero-order valence-corrected chi connectivity index (χ0v) is 20.4. The highest BCUT2D eigenvalue weighted by Gasteiger charge is 2.29. The standard InChI is InChI=1S/C25H33BrN4O2/c1-3-18(2)23(29-25(32)28-21-11-9-20(26)10-12-21)24(31)27-22-13-15-30(16-14-22)17-19-7-5-4-6-8-19/h4-12,18,22-23H,3,13-17H2,1-2H3,(H,27,31)(H2,28,29,32). The zero-order valence-electron chi connectivity index (χ0n) is 18.8. The minimum absolute atomic E-state index is 0.0313. The molecular weight excluding hydrogens is 468 g/mol. The maximum atomic E-state index is 13.0. The van der Waals surface area contributed by atoms with Crippen LogP contribution in [0.4, 0.5) is 10.5 Å². The lowest BCUT2D eigenvalue weighted by Gasteiger charge is -2.34. The van der Waals surface area contributed by atoms with Gasteiger partial charge in [-0.25, -0.2) is 4.79 Å². The summed E-state index contributed by atoms with van der Waals surface area (Å²) in [6.45, 7) is 6.86. The number of likely N-dealkylation sites (tertiary alicyclic amines) is 1. The van der Waals surface area contributed by atoms with Crippen LogP contribution in [0.3, 0.4) is 0 Å². The maximum absolute atomic E-state index is 13.0. The summed E-state index contributed by atoms with van der Waals surface area (Å²) in [5.74, 6) is -0.0735. The van der Waals surface area contributed by atoms with Gasteiger partial charge in [-0.15, -0.1) is 0 Å². The third-order valence-electron chi connectivity index (χ3n) is 6.07. The SMILES string of the molecule is CCC(C)C(NC(=O)Nc1ccc(Br)cc1)C(=O)NC1CCN(Cc2ccccc2)CC1. The quantitative estimate of drug-likeness (QED) is 0.488. The molecule has 0 aliphatic carbocycles. The van der Waals surface area contributed by atoms with Gasteiger partial charge in [-0.05, 0) is 48.6 Å². The van der Waals surface area contributed by atoms with Crippen LogP contribution >= 0.6 is 15.9 Å². The predicted molar refractivity (Wildman–Crippen MR) is 132 cm³/mol. The van der Waals surface area contributed by atoms with Crippen molar-refractivity contribution in [3.8, 4) is 0 Å². The molecule has 1 heterocycles. The van der Waals surface area contributed by atoms with Crippen LogP contribution in [0.5, 0.6) is 0 Å². The summed E-state index contributed by atoms with van der Waals surface area (Å²) in [4.78, 5) is 28.0. The number of carbonyl (C=O) groups is 2. The van der Waals surface area contributed by atoms with Gasteiger partial charge in [0.2, 0.25) is 5.91 Å². The fourth-order valence-corrected chi connectivity index (χ4v) is 4.18. The Balaban J connectivity index is 1.50. The van der Waals surface area contributed by atoms with E-state index < -0.39 is 6.04 Å². The van der Waals surface area contributed by atoms with E-state index >= 15 is 0 Å². The molecule has 0 saturated carbocycles. The number of halogens is 1. The van der Waals surface area contributed by atoms with Gasteiger partial charge in [-0.2, -0.15) is 0 Å². The third kappa shape index (κ3) is 7.35. The lowest BCUT2D eigenvalue weighted by atomic mass is 9.97. The largest absolute Gasteiger partial charge is 0.351 e. The van der Waals surface area contributed by atoms with Gasteiger partial charge < -0.3 is 16.0 Å². The van der Waals surface area contributed by atoms with Crippen LogP contribution in [-0.4, -0.2) is 42.0 Å². The molecule has 172 valence electrons. The van der Waals surface area contributed by atoms with Crippen molar-refractivity contribution in [2.24, 2.45) is 5.92 Å². The van der Waals surface area contributed by atoms with Crippen LogP contribution in [0.2, 0.25) is 0 Å². The molecule has 0 radical (unpaired) electrons. The van der Waals surface area contributed by atoms with Crippen molar-refractivity contribution in [1.29, 1.82) is 0 Å². The Hall–Kier alpha value is -2.38. The van der Waals surface area contributed by atoms with Crippen molar-refractivity contribution in [3.05, 3.63) is 64.6 Å². The van der Waals surface area contributed by atoms with Crippen LogP contribution in [0, 0.1) is 5.92 Å². The van der Waals surface area contributed by atoms with Crippen LogP contribution in [0.15, 0.2) is 59.1 Å². The Morgan fingerprint density at radius 2 is 1.72 bits per heavy atom. The van der Waals surface area contributed by atoms with E-state index in [1.54, 1.807) is 0 Å². The molecule has 0 aromatic heterocycles. The summed E-state index contributed by atoms with van der Waals surface area (Å²) >= 11 is 3.38. The van der Waals surface area contributed by atoms with Gasteiger partial charge in [-0.3, -0.25) is 9.69 Å². The van der Waals surface area contributed by atoms with Crippen LogP contribution in [-0.2, 0) is 11.3 Å². The van der Waals surface area contributed by atoms with Crippen molar-refractivity contribution in [2.45, 2.75) is 51.7 Å². The van der Waals surface area contributed by atoms with E-state index in [2.05, 4.69) is 61.0 Å². The number of benzene rings is 2. The van der Waals surface area contributed by atoms with Gasteiger partial charge >= 0.3 is 6.03 Å². The van der Waals surface area contributed by atoms with E-state index in [1.165, 1.54) is 5.56 Å². The van der Waals surface area contributed by atoms with Gasteiger partial charge in [0.05, 0.1) is 0 Å². The lowest BCUT2D eigenvalue weighted by molar-refractivity contribution is -0.125. The predicted octanol–water partition coefficient (Wildman–Crippen LogP) is 4.77. The van der Waals surface area contributed by atoms with Gasteiger partial charge in [0.15, 0.2) is 0 Å².